The van der Waals surface area contributed by atoms with Crippen molar-refractivity contribution in [2.24, 2.45) is 0 Å². The summed E-state index contributed by atoms with van der Waals surface area (Å²) in [4.78, 5) is 0. The Morgan fingerprint density at radius 3 is 2.90 bits per heavy atom. The zero-order chi connectivity index (χ0) is 14.6. The number of rotatable bonds is 4. The van der Waals surface area contributed by atoms with Gasteiger partial charge in [0.25, 0.3) is 0 Å². The lowest BCUT2D eigenvalue weighted by Gasteiger charge is -2.28. The van der Waals surface area contributed by atoms with Gasteiger partial charge in [-0.05, 0) is 44.0 Å². The Hall–Kier alpha value is -1.13. The van der Waals surface area contributed by atoms with Crippen molar-refractivity contribution in [1.82, 2.24) is 10.0 Å². The van der Waals surface area contributed by atoms with E-state index in [0.29, 0.717) is 17.2 Å². The van der Waals surface area contributed by atoms with Crippen LogP contribution in [0.4, 0.5) is 0 Å². The van der Waals surface area contributed by atoms with Gasteiger partial charge in [-0.2, -0.15) is 5.26 Å². The van der Waals surface area contributed by atoms with Crippen molar-refractivity contribution >= 4 is 22.4 Å². The third kappa shape index (κ3) is 5.64. The van der Waals surface area contributed by atoms with E-state index in [4.69, 9.17) is 5.26 Å². The number of benzene rings is 1. The zero-order valence-corrected chi connectivity index (χ0v) is 13.5. The summed E-state index contributed by atoms with van der Waals surface area (Å²) in [6.45, 7) is 2.88. The first-order chi connectivity index (χ1) is 9.48. The fraction of sp³-hybridized carbons (Fsp3) is 0.500. The molecule has 1 aromatic carbocycles. The zero-order valence-electron chi connectivity index (χ0n) is 11.9. The molecule has 116 valence electrons. The van der Waals surface area contributed by atoms with Gasteiger partial charge in [-0.25, -0.2) is 13.1 Å². The van der Waals surface area contributed by atoms with Crippen LogP contribution in [0.15, 0.2) is 24.3 Å². The van der Waals surface area contributed by atoms with Gasteiger partial charge in [-0.1, -0.05) is 12.1 Å². The van der Waals surface area contributed by atoms with E-state index in [0.717, 1.165) is 19.4 Å². The molecule has 2 rings (SSSR count). The van der Waals surface area contributed by atoms with Crippen LogP contribution in [0, 0.1) is 11.3 Å². The fourth-order valence-corrected chi connectivity index (χ4v) is 3.91. The smallest absolute Gasteiger partial charge is 0.216 e. The minimum atomic E-state index is -3.37. The number of nitriles is 1. The maximum atomic E-state index is 12.2. The molecule has 2 N–H and O–H groups in total. The van der Waals surface area contributed by atoms with Gasteiger partial charge in [-0.3, -0.25) is 0 Å². The summed E-state index contributed by atoms with van der Waals surface area (Å²) in [6.07, 6.45) is 1.61. The molecule has 1 aliphatic rings. The Morgan fingerprint density at radius 2 is 2.24 bits per heavy atom. The summed E-state index contributed by atoms with van der Waals surface area (Å²) in [6, 6.07) is 9.06. The second kappa shape index (κ2) is 7.76. The number of piperidine rings is 1. The van der Waals surface area contributed by atoms with E-state index in [1.165, 1.54) is 0 Å². The molecule has 0 saturated carbocycles. The first-order valence-corrected chi connectivity index (χ1v) is 8.36. The van der Waals surface area contributed by atoms with Crippen LogP contribution in [0.1, 0.15) is 30.9 Å². The molecule has 1 aliphatic heterocycles. The first-order valence-electron chi connectivity index (χ1n) is 6.71. The summed E-state index contributed by atoms with van der Waals surface area (Å²) in [5.41, 5.74) is 1.12. The molecule has 0 aliphatic carbocycles. The van der Waals surface area contributed by atoms with Gasteiger partial charge < -0.3 is 5.32 Å². The minimum absolute atomic E-state index is 0. The molecule has 1 fully saturated rings. The third-order valence-corrected chi connectivity index (χ3v) is 4.79. The molecule has 21 heavy (non-hydrogen) atoms. The van der Waals surface area contributed by atoms with Gasteiger partial charge in [0, 0.05) is 12.1 Å². The molecular weight excluding hydrogens is 310 g/mol. The van der Waals surface area contributed by atoms with Crippen molar-refractivity contribution in [3.05, 3.63) is 35.4 Å². The highest BCUT2D eigenvalue weighted by Crippen LogP contribution is 2.12. The lowest BCUT2D eigenvalue weighted by atomic mass is 10.0. The van der Waals surface area contributed by atoms with Crippen LogP contribution in [0.3, 0.4) is 0 Å². The molecule has 2 atom stereocenters. The molecule has 1 saturated heterocycles. The number of halogens is 1. The number of sulfonamides is 1. The maximum Gasteiger partial charge on any atom is 0.216 e. The molecule has 0 amide bonds. The number of hydrogen-bond acceptors (Lipinski definition) is 4. The van der Waals surface area contributed by atoms with Gasteiger partial charge in [0.2, 0.25) is 10.0 Å². The maximum absolute atomic E-state index is 12.2. The van der Waals surface area contributed by atoms with Crippen molar-refractivity contribution < 1.29 is 8.42 Å². The summed E-state index contributed by atoms with van der Waals surface area (Å²) in [5.74, 6) is -0.0825. The lowest BCUT2D eigenvalue weighted by molar-refractivity contribution is 0.361. The Morgan fingerprint density at radius 1 is 1.48 bits per heavy atom. The molecule has 5 nitrogen and oxygen atoms in total. The predicted octanol–water partition coefficient (Wildman–Crippen LogP) is 1.54. The van der Waals surface area contributed by atoms with E-state index in [1.807, 2.05) is 6.07 Å². The van der Waals surface area contributed by atoms with Crippen LogP contribution in [0.25, 0.3) is 0 Å². The van der Waals surface area contributed by atoms with Crippen molar-refractivity contribution in [3.8, 4) is 6.07 Å². The summed E-state index contributed by atoms with van der Waals surface area (Å²) >= 11 is 0. The summed E-state index contributed by atoms with van der Waals surface area (Å²) in [5, 5.41) is 12.1. The average Bonchev–Trinajstić information content (AvgIpc) is 2.37. The van der Waals surface area contributed by atoms with Crippen molar-refractivity contribution in [2.75, 3.05) is 6.54 Å². The number of nitrogens with zero attached hydrogens (tertiary/aromatic N) is 1. The average molecular weight is 330 g/mol. The van der Waals surface area contributed by atoms with E-state index in [2.05, 4.69) is 17.0 Å². The number of nitrogens with one attached hydrogen (secondary N) is 2. The van der Waals surface area contributed by atoms with Crippen LogP contribution in [0.5, 0.6) is 0 Å². The van der Waals surface area contributed by atoms with Gasteiger partial charge in [0.05, 0.1) is 17.4 Å². The monoisotopic (exact) mass is 329 g/mol. The second-order valence-corrected chi connectivity index (χ2v) is 7.02. The van der Waals surface area contributed by atoms with Gasteiger partial charge in [0.15, 0.2) is 0 Å². The number of hydrogen-bond donors (Lipinski definition) is 2. The molecule has 1 aromatic rings. The molecule has 0 aromatic heterocycles. The Labute approximate surface area is 132 Å². The molecule has 0 spiro atoms. The van der Waals surface area contributed by atoms with Crippen LogP contribution >= 0.6 is 12.4 Å². The molecule has 0 radical (unpaired) electrons. The van der Waals surface area contributed by atoms with Gasteiger partial charge >= 0.3 is 0 Å². The van der Waals surface area contributed by atoms with Crippen LogP contribution in [0.2, 0.25) is 0 Å². The molecule has 2 unspecified atom stereocenters. The molecule has 0 bridgehead atoms. The highest BCUT2D eigenvalue weighted by molar-refractivity contribution is 7.88. The highest BCUT2D eigenvalue weighted by Gasteiger charge is 2.23. The minimum Gasteiger partial charge on any atom is -0.314 e. The normalized spacial score (nSPS) is 22.1. The quantitative estimate of drug-likeness (QED) is 0.878. The van der Waals surface area contributed by atoms with E-state index in [-0.39, 0.29) is 24.2 Å². The van der Waals surface area contributed by atoms with E-state index in [1.54, 1.807) is 24.3 Å². The molecule has 7 heteroatoms. The van der Waals surface area contributed by atoms with E-state index >= 15 is 0 Å². The highest BCUT2D eigenvalue weighted by atomic mass is 35.5. The Bertz CT molecular complexity index is 613. The first kappa shape index (κ1) is 17.9. The van der Waals surface area contributed by atoms with Gasteiger partial charge in [-0.15, -0.1) is 12.4 Å². The predicted molar refractivity (Wildman–Crippen MR) is 84.7 cm³/mol. The van der Waals surface area contributed by atoms with Crippen molar-refractivity contribution in [3.63, 3.8) is 0 Å². The summed E-state index contributed by atoms with van der Waals surface area (Å²) in [7, 11) is -3.37. The molecule has 1 heterocycles. The second-order valence-electron chi connectivity index (χ2n) is 5.27. The Balaban J connectivity index is 0.00000220. The van der Waals surface area contributed by atoms with Crippen molar-refractivity contribution in [1.29, 1.82) is 5.26 Å². The van der Waals surface area contributed by atoms with E-state index < -0.39 is 10.0 Å². The Kier molecular flexibility index (Phi) is 6.62. The molecular formula is C14H20ClN3O2S. The largest absolute Gasteiger partial charge is 0.314 e. The lowest BCUT2D eigenvalue weighted by Crippen LogP contribution is -2.46. The van der Waals surface area contributed by atoms with Crippen LogP contribution < -0.4 is 10.0 Å². The van der Waals surface area contributed by atoms with Gasteiger partial charge in [0.1, 0.15) is 0 Å². The standard InChI is InChI=1S/C14H19N3O2S.ClH/c1-11-7-14(5-6-16-11)17-20(18,19)10-13-4-2-3-12(8-13)9-15;/h2-4,8,11,14,16-17H,5-7,10H2,1H3;1H. The fourth-order valence-electron chi connectivity index (χ4n) is 2.48. The topological polar surface area (TPSA) is 82.0 Å². The van der Waals surface area contributed by atoms with Crippen LogP contribution in [-0.4, -0.2) is 27.0 Å². The third-order valence-electron chi connectivity index (χ3n) is 3.38. The SMILES string of the molecule is CC1CC(NS(=O)(=O)Cc2cccc(C#N)c2)CCN1.Cl. The van der Waals surface area contributed by atoms with Crippen molar-refractivity contribution in [2.45, 2.75) is 37.6 Å². The van der Waals surface area contributed by atoms with E-state index in [9.17, 15) is 8.42 Å². The van der Waals surface area contributed by atoms with Crippen LogP contribution in [-0.2, 0) is 15.8 Å². The summed E-state index contributed by atoms with van der Waals surface area (Å²) < 4.78 is 27.1.